The molecule has 9 heteroatoms. The first kappa shape index (κ1) is 16.7. The number of alkyl halides is 3. The second-order valence-corrected chi connectivity index (χ2v) is 5.47. The van der Waals surface area contributed by atoms with Crippen molar-refractivity contribution in [3.63, 3.8) is 0 Å². The van der Waals surface area contributed by atoms with Gasteiger partial charge in [0.15, 0.2) is 0 Å². The van der Waals surface area contributed by atoms with Gasteiger partial charge < -0.3 is 10.3 Å². The van der Waals surface area contributed by atoms with E-state index < -0.39 is 18.6 Å². The Kier molecular flexibility index (Phi) is 4.07. The van der Waals surface area contributed by atoms with E-state index in [1.165, 1.54) is 13.1 Å². The first-order chi connectivity index (χ1) is 11.7. The zero-order valence-corrected chi connectivity index (χ0v) is 13.0. The summed E-state index contributed by atoms with van der Waals surface area (Å²) in [4.78, 5) is 26.7. The number of carbonyl (C=O) groups is 1. The van der Waals surface area contributed by atoms with Crippen LogP contribution in [0.1, 0.15) is 16.1 Å². The first-order valence-electron chi connectivity index (χ1n) is 7.27. The van der Waals surface area contributed by atoms with E-state index in [1.54, 1.807) is 24.3 Å². The summed E-state index contributed by atoms with van der Waals surface area (Å²) in [5.41, 5.74) is 0.297. The Hall–Kier alpha value is -3.10. The van der Waals surface area contributed by atoms with E-state index >= 15 is 0 Å². The van der Waals surface area contributed by atoms with E-state index in [1.807, 2.05) is 0 Å². The van der Waals surface area contributed by atoms with E-state index in [9.17, 15) is 22.8 Å². The smallest absolute Gasteiger partial charge is 0.329 e. The van der Waals surface area contributed by atoms with Crippen LogP contribution in [-0.2, 0) is 6.54 Å². The van der Waals surface area contributed by atoms with Crippen LogP contribution in [0.2, 0.25) is 0 Å². The number of amides is 1. The van der Waals surface area contributed by atoms with Crippen molar-refractivity contribution in [2.75, 3.05) is 5.32 Å². The summed E-state index contributed by atoms with van der Waals surface area (Å²) in [6.45, 7) is 0.181. The molecule has 25 heavy (non-hydrogen) atoms. The monoisotopic (exact) mass is 350 g/mol. The largest absolute Gasteiger partial charge is 0.408 e. The van der Waals surface area contributed by atoms with Crippen molar-refractivity contribution < 1.29 is 18.0 Å². The van der Waals surface area contributed by atoms with Gasteiger partial charge in [-0.2, -0.15) is 18.3 Å². The van der Waals surface area contributed by atoms with Crippen molar-refractivity contribution in [2.24, 2.45) is 0 Å². The van der Waals surface area contributed by atoms with E-state index in [0.29, 0.717) is 21.1 Å². The topological polar surface area (TPSA) is 79.8 Å². The van der Waals surface area contributed by atoms with Gasteiger partial charge in [0, 0.05) is 28.9 Å². The molecule has 2 N–H and O–H groups in total. The average Bonchev–Trinajstić information content (AvgIpc) is 2.87. The first-order valence-corrected chi connectivity index (χ1v) is 7.27. The molecule has 6 nitrogen and oxygen atoms in total. The molecule has 2 aromatic heterocycles. The zero-order valence-electron chi connectivity index (χ0n) is 13.0. The summed E-state index contributed by atoms with van der Waals surface area (Å²) in [7, 11) is 0. The van der Waals surface area contributed by atoms with Crippen molar-refractivity contribution >= 4 is 22.4 Å². The van der Waals surface area contributed by atoms with Crippen molar-refractivity contribution in [2.45, 2.75) is 19.6 Å². The molecule has 0 bridgehead atoms. The minimum Gasteiger partial charge on any atom is -0.329 e. The van der Waals surface area contributed by atoms with Crippen molar-refractivity contribution in [3.05, 3.63) is 58.3 Å². The quantitative estimate of drug-likeness (QED) is 0.762. The van der Waals surface area contributed by atoms with Crippen LogP contribution in [0.3, 0.4) is 0 Å². The molecule has 1 amide bonds. The fraction of sp³-hybridized carbons (Fsp3) is 0.188. The van der Waals surface area contributed by atoms with E-state index in [-0.39, 0.29) is 16.8 Å². The minimum absolute atomic E-state index is 0.0334. The van der Waals surface area contributed by atoms with Crippen LogP contribution >= 0.6 is 0 Å². The van der Waals surface area contributed by atoms with Crippen molar-refractivity contribution in [1.82, 2.24) is 14.8 Å². The third kappa shape index (κ3) is 3.54. The average molecular weight is 350 g/mol. The Morgan fingerprint density at radius 2 is 2.04 bits per heavy atom. The molecular formula is C16H13F3N4O2. The van der Waals surface area contributed by atoms with Crippen LogP contribution in [-0.4, -0.2) is 26.8 Å². The van der Waals surface area contributed by atoms with Crippen LogP contribution in [0.25, 0.3) is 10.8 Å². The summed E-state index contributed by atoms with van der Waals surface area (Å²) in [5.74, 6) is -0.598. The molecule has 0 aliphatic rings. The molecule has 3 aromatic rings. The number of aryl methyl sites for hydroxylation is 1. The predicted octanol–water partition coefficient (Wildman–Crippen LogP) is 2.85. The fourth-order valence-corrected chi connectivity index (χ4v) is 2.53. The number of hydrogen-bond acceptors (Lipinski definition) is 3. The maximum atomic E-state index is 12.4. The highest BCUT2D eigenvalue weighted by molar-refractivity contribution is 6.09. The van der Waals surface area contributed by atoms with Crippen molar-refractivity contribution in [3.8, 4) is 0 Å². The van der Waals surface area contributed by atoms with Gasteiger partial charge in [0.2, 0.25) is 0 Å². The number of aromatic nitrogens is 3. The number of anilines is 1. The number of benzene rings is 1. The van der Waals surface area contributed by atoms with Gasteiger partial charge in [-0.1, -0.05) is 6.07 Å². The number of hydrogen-bond donors (Lipinski definition) is 2. The van der Waals surface area contributed by atoms with E-state index in [2.05, 4.69) is 15.4 Å². The second kappa shape index (κ2) is 6.08. The number of pyridine rings is 1. The lowest BCUT2D eigenvalue weighted by Crippen LogP contribution is -2.18. The molecule has 0 unspecified atom stereocenters. The third-order valence-electron chi connectivity index (χ3n) is 3.60. The van der Waals surface area contributed by atoms with Gasteiger partial charge in [-0.25, -0.2) is 0 Å². The summed E-state index contributed by atoms with van der Waals surface area (Å²) in [6.07, 6.45) is -1.92. The van der Waals surface area contributed by atoms with Crippen LogP contribution in [0, 0.1) is 6.92 Å². The molecule has 0 aliphatic carbocycles. The number of carbonyl (C=O) groups excluding carboxylic acids is 1. The summed E-state index contributed by atoms with van der Waals surface area (Å²) >= 11 is 0. The molecule has 3 rings (SSSR count). The molecular weight excluding hydrogens is 337 g/mol. The standard InChI is InChI=1S/C16H13F3N4O2/c1-9-12(7-23(22-9)8-16(17,18)19)15(25)21-13-4-2-3-11-10(13)5-6-20-14(11)24/h2-7H,8H2,1H3,(H,20,24)(H,21,25). The molecule has 0 radical (unpaired) electrons. The maximum Gasteiger partial charge on any atom is 0.408 e. The van der Waals surface area contributed by atoms with E-state index in [4.69, 9.17) is 0 Å². The number of halogens is 3. The van der Waals surface area contributed by atoms with Crippen LogP contribution in [0.15, 0.2) is 41.5 Å². The molecule has 0 saturated carbocycles. The number of nitrogens with zero attached hydrogens (tertiary/aromatic N) is 2. The number of H-pyrrole nitrogens is 1. The third-order valence-corrected chi connectivity index (χ3v) is 3.60. The molecule has 0 atom stereocenters. The highest BCUT2D eigenvalue weighted by Gasteiger charge is 2.29. The van der Waals surface area contributed by atoms with Gasteiger partial charge in [-0.3, -0.25) is 14.3 Å². The summed E-state index contributed by atoms with van der Waals surface area (Å²) in [5, 5.41) is 7.26. The van der Waals surface area contributed by atoms with Gasteiger partial charge in [-0.05, 0) is 25.1 Å². The highest BCUT2D eigenvalue weighted by Crippen LogP contribution is 2.22. The van der Waals surface area contributed by atoms with Crippen LogP contribution in [0.4, 0.5) is 18.9 Å². The molecule has 0 fully saturated rings. The second-order valence-electron chi connectivity index (χ2n) is 5.47. The highest BCUT2D eigenvalue weighted by atomic mass is 19.4. The van der Waals surface area contributed by atoms with Gasteiger partial charge >= 0.3 is 6.18 Å². The van der Waals surface area contributed by atoms with Crippen LogP contribution in [0.5, 0.6) is 0 Å². The molecule has 0 aliphatic heterocycles. The van der Waals surface area contributed by atoms with E-state index in [0.717, 1.165) is 6.20 Å². The van der Waals surface area contributed by atoms with Gasteiger partial charge in [0.05, 0.1) is 11.3 Å². The number of fused-ring (bicyclic) bond motifs is 1. The lowest BCUT2D eigenvalue weighted by atomic mass is 10.1. The number of aromatic amines is 1. The minimum atomic E-state index is -4.43. The number of rotatable bonds is 3. The SMILES string of the molecule is Cc1nn(CC(F)(F)F)cc1C(=O)Nc1cccc2c(=O)[nH]ccc12. The molecule has 0 saturated heterocycles. The normalized spacial score (nSPS) is 11.7. The van der Waals surface area contributed by atoms with Crippen molar-refractivity contribution in [1.29, 1.82) is 0 Å². The Bertz CT molecular complexity index is 1000. The Labute approximate surface area is 139 Å². The molecule has 130 valence electrons. The molecule has 2 heterocycles. The molecule has 1 aromatic carbocycles. The molecule has 0 spiro atoms. The Morgan fingerprint density at radius 1 is 1.28 bits per heavy atom. The lowest BCUT2D eigenvalue weighted by Gasteiger charge is -2.08. The van der Waals surface area contributed by atoms with Crippen LogP contribution < -0.4 is 10.9 Å². The summed E-state index contributed by atoms with van der Waals surface area (Å²) in [6, 6.07) is 6.45. The Balaban J connectivity index is 1.91. The lowest BCUT2D eigenvalue weighted by molar-refractivity contribution is -0.142. The zero-order chi connectivity index (χ0) is 18.2. The predicted molar refractivity (Wildman–Crippen MR) is 85.5 cm³/mol. The van der Waals surface area contributed by atoms with Gasteiger partial charge in [0.25, 0.3) is 11.5 Å². The maximum absolute atomic E-state index is 12.4. The Morgan fingerprint density at radius 3 is 2.76 bits per heavy atom. The van der Waals surface area contributed by atoms with Gasteiger partial charge in [0.1, 0.15) is 6.54 Å². The number of nitrogens with one attached hydrogen (secondary N) is 2. The fourth-order valence-electron chi connectivity index (χ4n) is 2.53. The summed E-state index contributed by atoms with van der Waals surface area (Å²) < 4.78 is 38.0. The van der Waals surface area contributed by atoms with Gasteiger partial charge in [-0.15, -0.1) is 0 Å².